The van der Waals surface area contributed by atoms with Gasteiger partial charge in [0.05, 0.1) is 32.5 Å². The average molecular weight is 359 g/mol. The zero-order valence-corrected chi connectivity index (χ0v) is 15.3. The number of methoxy groups -OCH3 is 3. The Morgan fingerprint density at radius 2 is 1.54 bits per heavy atom. The van der Waals surface area contributed by atoms with Crippen LogP contribution >= 0.6 is 0 Å². The fourth-order valence-corrected chi connectivity index (χ4v) is 2.69. The molecule has 7 heteroatoms. The van der Waals surface area contributed by atoms with Gasteiger partial charge in [0.2, 0.25) is 5.75 Å². The first-order valence-corrected chi connectivity index (χ1v) is 7.78. The summed E-state index contributed by atoms with van der Waals surface area (Å²) in [6.45, 7) is 3.50. The van der Waals surface area contributed by atoms with Crippen molar-refractivity contribution in [2.24, 2.45) is 0 Å². The van der Waals surface area contributed by atoms with E-state index in [2.05, 4.69) is 5.32 Å². The number of hydrogen-bond donors (Lipinski definition) is 2. The topological polar surface area (TPSA) is 94.1 Å². The number of nitrogens with one attached hydrogen (secondary N) is 1. The third kappa shape index (κ3) is 3.56. The smallest absolute Gasteiger partial charge is 0.336 e. The summed E-state index contributed by atoms with van der Waals surface area (Å²) >= 11 is 0. The van der Waals surface area contributed by atoms with Crippen LogP contribution in [0, 0.1) is 13.8 Å². The second-order valence-electron chi connectivity index (χ2n) is 5.62. The van der Waals surface area contributed by atoms with Crippen LogP contribution in [-0.4, -0.2) is 38.3 Å². The van der Waals surface area contributed by atoms with Gasteiger partial charge in [0.15, 0.2) is 11.5 Å². The first-order chi connectivity index (χ1) is 12.3. The molecule has 0 bridgehead atoms. The van der Waals surface area contributed by atoms with Gasteiger partial charge in [-0.2, -0.15) is 0 Å². The molecule has 0 saturated carbocycles. The normalized spacial score (nSPS) is 10.2. The number of benzene rings is 2. The van der Waals surface area contributed by atoms with Crippen molar-refractivity contribution < 1.29 is 28.9 Å². The van der Waals surface area contributed by atoms with Gasteiger partial charge in [-0.05, 0) is 43.2 Å². The van der Waals surface area contributed by atoms with Gasteiger partial charge in [0.1, 0.15) is 0 Å². The van der Waals surface area contributed by atoms with Crippen LogP contribution in [0.4, 0.5) is 5.69 Å². The van der Waals surface area contributed by atoms with Crippen molar-refractivity contribution in [3.8, 4) is 17.2 Å². The number of amides is 1. The molecule has 0 radical (unpaired) electrons. The van der Waals surface area contributed by atoms with Gasteiger partial charge in [0.25, 0.3) is 5.91 Å². The number of aromatic carboxylic acids is 1. The molecule has 0 spiro atoms. The van der Waals surface area contributed by atoms with Crippen molar-refractivity contribution in [1.82, 2.24) is 0 Å². The summed E-state index contributed by atoms with van der Waals surface area (Å²) in [5.74, 6) is -0.546. The van der Waals surface area contributed by atoms with E-state index >= 15 is 0 Å². The first-order valence-electron chi connectivity index (χ1n) is 7.78. The maximum Gasteiger partial charge on any atom is 0.336 e. The Balaban J connectivity index is 2.46. The van der Waals surface area contributed by atoms with Gasteiger partial charge in [-0.15, -0.1) is 0 Å². The number of rotatable bonds is 6. The number of carbonyl (C=O) groups is 2. The molecule has 26 heavy (non-hydrogen) atoms. The Bertz CT molecular complexity index is 860. The Labute approximate surface area is 151 Å². The Morgan fingerprint density at radius 3 is 2.08 bits per heavy atom. The van der Waals surface area contributed by atoms with E-state index in [1.54, 1.807) is 32.0 Å². The number of aryl methyl sites for hydroxylation is 2. The minimum atomic E-state index is -1.05. The number of hydrogen-bond acceptors (Lipinski definition) is 5. The molecule has 0 atom stereocenters. The Morgan fingerprint density at radius 1 is 0.885 bits per heavy atom. The van der Waals surface area contributed by atoms with Crippen molar-refractivity contribution >= 4 is 17.6 Å². The molecule has 0 unspecified atom stereocenters. The molecule has 2 rings (SSSR count). The monoisotopic (exact) mass is 359 g/mol. The van der Waals surface area contributed by atoms with Crippen molar-refractivity contribution in [1.29, 1.82) is 0 Å². The molecule has 7 nitrogen and oxygen atoms in total. The van der Waals surface area contributed by atoms with Crippen molar-refractivity contribution in [3.63, 3.8) is 0 Å². The SMILES string of the molecule is COc1ccc(C(=O)Nc2cc(C(=O)O)c(C)cc2C)c(OC)c1OC. The highest BCUT2D eigenvalue weighted by molar-refractivity contribution is 6.08. The van der Waals surface area contributed by atoms with E-state index in [0.717, 1.165) is 5.56 Å². The lowest BCUT2D eigenvalue weighted by molar-refractivity contribution is 0.0695. The van der Waals surface area contributed by atoms with Gasteiger partial charge >= 0.3 is 5.97 Å². The summed E-state index contributed by atoms with van der Waals surface area (Å²) in [6, 6.07) is 6.31. The molecule has 138 valence electrons. The fourth-order valence-electron chi connectivity index (χ4n) is 2.69. The summed E-state index contributed by atoms with van der Waals surface area (Å²) in [4.78, 5) is 24.1. The Hall–Kier alpha value is -3.22. The molecule has 0 aliphatic rings. The van der Waals surface area contributed by atoms with Crippen molar-refractivity contribution in [2.75, 3.05) is 26.6 Å². The minimum absolute atomic E-state index is 0.130. The summed E-state index contributed by atoms with van der Waals surface area (Å²) in [7, 11) is 4.36. The molecular weight excluding hydrogens is 338 g/mol. The highest BCUT2D eigenvalue weighted by atomic mass is 16.5. The molecular formula is C19H21NO6. The Kier molecular flexibility index (Phi) is 5.71. The zero-order chi connectivity index (χ0) is 19.4. The average Bonchev–Trinajstić information content (AvgIpc) is 2.61. The number of carboxylic acids is 1. The van der Waals surface area contributed by atoms with Crippen LogP contribution in [0.1, 0.15) is 31.8 Å². The largest absolute Gasteiger partial charge is 0.493 e. The highest BCUT2D eigenvalue weighted by Gasteiger charge is 2.21. The summed E-state index contributed by atoms with van der Waals surface area (Å²) in [5.41, 5.74) is 2.15. The van der Waals surface area contributed by atoms with Crippen LogP contribution in [0.25, 0.3) is 0 Å². The fraction of sp³-hybridized carbons (Fsp3) is 0.263. The lowest BCUT2D eigenvalue weighted by atomic mass is 10.0. The summed E-state index contributed by atoms with van der Waals surface area (Å²) < 4.78 is 15.8. The first kappa shape index (κ1) is 19.1. The third-order valence-electron chi connectivity index (χ3n) is 4.00. The molecule has 1 amide bonds. The quantitative estimate of drug-likeness (QED) is 0.822. The zero-order valence-electron chi connectivity index (χ0n) is 15.3. The van der Waals surface area contributed by atoms with Crippen LogP contribution in [0.3, 0.4) is 0 Å². The van der Waals surface area contributed by atoms with E-state index in [1.807, 2.05) is 0 Å². The van der Waals surface area contributed by atoms with Gasteiger partial charge in [0, 0.05) is 5.69 Å². The van der Waals surface area contributed by atoms with Crippen LogP contribution in [-0.2, 0) is 0 Å². The summed E-state index contributed by atoms with van der Waals surface area (Å²) in [5, 5.41) is 12.0. The van der Waals surface area contributed by atoms with Crippen LogP contribution in [0.5, 0.6) is 17.2 Å². The number of carbonyl (C=O) groups excluding carboxylic acids is 1. The van der Waals surface area contributed by atoms with Gasteiger partial charge in [-0.25, -0.2) is 4.79 Å². The molecule has 0 saturated heterocycles. The van der Waals surface area contributed by atoms with Crippen molar-refractivity contribution in [3.05, 3.63) is 46.5 Å². The third-order valence-corrected chi connectivity index (χ3v) is 4.00. The summed E-state index contributed by atoms with van der Waals surface area (Å²) in [6.07, 6.45) is 0. The van der Waals surface area contributed by atoms with E-state index in [1.165, 1.54) is 27.4 Å². The molecule has 2 N–H and O–H groups in total. The minimum Gasteiger partial charge on any atom is -0.493 e. The van der Waals surface area contributed by atoms with Gasteiger partial charge in [-0.3, -0.25) is 4.79 Å². The van der Waals surface area contributed by atoms with E-state index < -0.39 is 11.9 Å². The predicted molar refractivity (Wildman–Crippen MR) is 96.9 cm³/mol. The molecule has 2 aromatic carbocycles. The maximum atomic E-state index is 12.7. The molecule has 0 fully saturated rings. The van der Waals surface area contributed by atoms with E-state index in [0.29, 0.717) is 22.7 Å². The van der Waals surface area contributed by atoms with Crippen LogP contribution in [0.2, 0.25) is 0 Å². The second kappa shape index (κ2) is 7.77. The van der Waals surface area contributed by atoms with Gasteiger partial charge < -0.3 is 24.6 Å². The van der Waals surface area contributed by atoms with Gasteiger partial charge in [-0.1, -0.05) is 6.07 Å². The van der Waals surface area contributed by atoms with E-state index in [9.17, 15) is 14.7 Å². The van der Waals surface area contributed by atoms with Crippen LogP contribution < -0.4 is 19.5 Å². The van der Waals surface area contributed by atoms with Crippen molar-refractivity contribution in [2.45, 2.75) is 13.8 Å². The molecule has 2 aromatic rings. The van der Waals surface area contributed by atoms with Crippen LogP contribution in [0.15, 0.2) is 24.3 Å². The highest BCUT2D eigenvalue weighted by Crippen LogP contribution is 2.40. The van der Waals surface area contributed by atoms with E-state index in [-0.39, 0.29) is 16.9 Å². The standard InChI is InChI=1S/C19H21NO6/c1-10-8-11(2)14(9-13(10)19(22)23)20-18(21)12-6-7-15(24-3)17(26-5)16(12)25-4/h6-9H,1-5H3,(H,20,21)(H,22,23). The number of anilines is 1. The maximum absolute atomic E-state index is 12.7. The predicted octanol–water partition coefficient (Wildman–Crippen LogP) is 3.28. The van der Waals surface area contributed by atoms with E-state index in [4.69, 9.17) is 14.2 Å². The number of carboxylic acid groups (broad SMARTS) is 1. The molecule has 0 aliphatic carbocycles. The second-order valence-corrected chi connectivity index (χ2v) is 5.62. The molecule has 0 aliphatic heterocycles. The lowest BCUT2D eigenvalue weighted by Crippen LogP contribution is -2.15. The number of ether oxygens (including phenoxy) is 3. The molecule has 0 aromatic heterocycles. The molecule has 0 heterocycles. The lowest BCUT2D eigenvalue weighted by Gasteiger charge is -2.16.